The average Bonchev–Trinajstić information content (AvgIpc) is 3.30. The average molecular weight is 496 g/mol. The number of hydrogen-bond acceptors (Lipinski definition) is 7. The Hall–Kier alpha value is -1.96. The van der Waals surface area contributed by atoms with Crippen LogP contribution in [-0.2, 0) is 24.5 Å². The highest BCUT2D eigenvalue weighted by Gasteiger charge is 2.52. The lowest BCUT2D eigenvalue weighted by Gasteiger charge is -2.42. The van der Waals surface area contributed by atoms with Gasteiger partial charge in [0, 0.05) is 18.3 Å². The number of amides is 1. The summed E-state index contributed by atoms with van der Waals surface area (Å²) in [5.41, 5.74) is -0.850. The van der Waals surface area contributed by atoms with E-state index < -0.39 is 30.6 Å². The summed E-state index contributed by atoms with van der Waals surface area (Å²) in [6.07, 6.45) is 4.03. The van der Waals surface area contributed by atoms with Crippen molar-refractivity contribution < 1.29 is 21.6 Å². The van der Waals surface area contributed by atoms with Crippen LogP contribution in [0.15, 0.2) is 34.1 Å². The quantitative estimate of drug-likeness (QED) is 0.614. The van der Waals surface area contributed by atoms with Gasteiger partial charge in [0.25, 0.3) is 0 Å². The molecule has 1 amide bonds. The summed E-state index contributed by atoms with van der Waals surface area (Å²) in [4.78, 5) is 14.5. The second-order valence-corrected chi connectivity index (χ2v) is 14.1. The molecule has 2 fully saturated rings. The normalized spacial score (nSPS) is 27.4. The zero-order valence-corrected chi connectivity index (χ0v) is 21.3. The van der Waals surface area contributed by atoms with Crippen molar-refractivity contribution in [1.29, 1.82) is 5.26 Å². The molecule has 0 radical (unpaired) electrons. The van der Waals surface area contributed by atoms with Crippen LogP contribution in [0, 0.1) is 22.7 Å². The third-order valence-corrected chi connectivity index (χ3v) is 10.8. The first kappa shape index (κ1) is 25.7. The number of hydrogen-bond donors (Lipinski definition) is 1. The molecule has 8 nitrogen and oxygen atoms in total. The van der Waals surface area contributed by atoms with E-state index in [9.17, 15) is 26.9 Å². The summed E-state index contributed by atoms with van der Waals surface area (Å²) in [6.45, 7) is 6.79. The first-order chi connectivity index (χ1) is 15.2. The maximum atomic E-state index is 13.1. The van der Waals surface area contributed by atoms with Gasteiger partial charge >= 0.3 is 0 Å². The van der Waals surface area contributed by atoms with Gasteiger partial charge in [-0.3, -0.25) is 4.79 Å². The van der Waals surface area contributed by atoms with Gasteiger partial charge < -0.3 is 10.2 Å². The molecular weight excluding hydrogens is 462 g/mol. The van der Waals surface area contributed by atoms with Crippen molar-refractivity contribution in [2.45, 2.75) is 67.8 Å². The molecule has 1 unspecified atom stereocenters. The molecular formula is C23H33N3O5S2. The van der Waals surface area contributed by atoms with Gasteiger partial charge in [0.15, 0.2) is 19.7 Å². The maximum Gasteiger partial charge on any atom is 0.237 e. The smallest absolute Gasteiger partial charge is 0.237 e. The molecule has 1 aromatic rings. The third kappa shape index (κ3) is 5.10. The summed E-state index contributed by atoms with van der Waals surface area (Å²) in [7, 11) is -7.01. The lowest BCUT2D eigenvalue weighted by Crippen LogP contribution is -2.55. The molecule has 1 saturated carbocycles. The Kier molecular flexibility index (Phi) is 7.00. The fraction of sp³-hybridized carbons (Fsp3) is 0.652. The van der Waals surface area contributed by atoms with Crippen molar-refractivity contribution in [3.63, 3.8) is 0 Å². The molecule has 1 N–H and O–H groups in total. The van der Waals surface area contributed by atoms with Crippen LogP contribution in [0.1, 0.15) is 46.5 Å². The lowest BCUT2D eigenvalue weighted by molar-refractivity contribution is -0.130. The van der Waals surface area contributed by atoms with Crippen LogP contribution in [0.25, 0.3) is 0 Å². The van der Waals surface area contributed by atoms with Gasteiger partial charge in [-0.15, -0.1) is 0 Å². The van der Waals surface area contributed by atoms with E-state index >= 15 is 0 Å². The number of nitriles is 1. The van der Waals surface area contributed by atoms with Gasteiger partial charge in [-0.2, -0.15) is 5.26 Å². The molecule has 33 heavy (non-hydrogen) atoms. The number of sulfone groups is 2. The predicted octanol–water partition coefficient (Wildman–Crippen LogP) is 2.16. The topological polar surface area (TPSA) is 124 Å². The van der Waals surface area contributed by atoms with E-state index in [2.05, 4.69) is 11.4 Å². The fourth-order valence-corrected chi connectivity index (χ4v) is 7.52. The Morgan fingerprint density at radius 2 is 1.73 bits per heavy atom. The van der Waals surface area contributed by atoms with Crippen LogP contribution in [0.4, 0.5) is 0 Å². The Bertz CT molecular complexity index is 1150. The molecule has 1 aromatic carbocycles. The van der Waals surface area contributed by atoms with Crippen LogP contribution in [0.3, 0.4) is 0 Å². The highest BCUT2D eigenvalue weighted by Crippen LogP contribution is 2.50. The predicted molar refractivity (Wildman–Crippen MR) is 125 cm³/mol. The Balaban J connectivity index is 1.69. The van der Waals surface area contributed by atoms with Crippen molar-refractivity contribution in [1.82, 2.24) is 10.2 Å². The minimum absolute atomic E-state index is 0.0495. The summed E-state index contributed by atoms with van der Waals surface area (Å²) in [5, 5.41) is 12.6. The second-order valence-electron chi connectivity index (χ2n) is 10.0. The molecule has 0 aromatic heterocycles. The van der Waals surface area contributed by atoms with E-state index in [-0.39, 0.29) is 40.0 Å². The van der Waals surface area contributed by atoms with Crippen molar-refractivity contribution in [3.8, 4) is 6.07 Å². The van der Waals surface area contributed by atoms with Crippen LogP contribution in [0.2, 0.25) is 0 Å². The number of rotatable bonds is 7. The third-order valence-electron chi connectivity index (χ3n) is 7.82. The van der Waals surface area contributed by atoms with E-state index in [1.165, 1.54) is 24.3 Å². The standard InChI is InChI=1S/C23H33N3O5S2/c1-22(2)17(16-33(30,31)20-9-7-19(8-10-20)32(4,28)29)11-12-23(22,3)25-15-21(27)26-13-5-6-18(26)14-24/h7-10,17-18,25H,5-6,11-13,15-16H2,1-4H3/t17-,18?,23-/m1/s1. The number of nitrogens with zero attached hydrogens (tertiary/aromatic N) is 2. The molecule has 0 spiro atoms. The monoisotopic (exact) mass is 495 g/mol. The molecule has 3 atom stereocenters. The largest absolute Gasteiger partial charge is 0.326 e. The highest BCUT2D eigenvalue weighted by atomic mass is 32.2. The van der Waals surface area contributed by atoms with E-state index in [0.29, 0.717) is 19.4 Å². The fourth-order valence-electron chi connectivity index (χ4n) is 5.03. The number of carbonyl (C=O) groups excluding carboxylic acids is 1. The summed E-state index contributed by atoms with van der Waals surface area (Å²) < 4.78 is 49.5. The summed E-state index contributed by atoms with van der Waals surface area (Å²) >= 11 is 0. The second kappa shape index (κ2) is 9.01. The summed E-state index contributed by atoms with van der Waals surface area (Å²) in [5.74, 6) is -0.284. The zero-order chi connectivity index (χ0) is 24.7. The zero-order valence-electron chi connectivity index (χ0n) is 19.7. The van der Waals surface area contributed by atoms with E-state index in [4.69, 9.17) is 0 Å². The molecule has 2 aliphatic rings. The molecule has 1 heterocycles. The SMILES string of the molecule is CC1(C)[C@@H](CS(=O)(=O)c2ccc(S(C)(=O)=O)cc2)CC[C@@]1(C)NCC(=O)N1CCCC1C#N. The van der Waals surface area contributed by atoms with Crippen LogP contribution < -0.4 is 5.32 Å². The van der Waals surface area contributed by atoms with Gasteiger partial charge in [0.2, 0.25) is 5.91 Å². The van der Waals surface area contributed by atoms with Gasteiger partial charge in [-0.05, 0) is 68.2 Å². The Morgan fingerprint density at radius 1 is 1.12 bits per heavy atom. The molecule has 10 heteroatoms. The first-order valence-electron chi connectivity index (χ1n) is 11.2. The number of carbonyl (C=O) groups is 1. The van der Waals surface area contributed by atoms with E-state index in [0.717, 1.165) is 19.1 Å². The number of nitrogens with one attached hydrogen (secondary N) is 1. The summed E-state index contributed by atoms with van der Waals surface area (Å²) in [6, 6.07) is 7.18. The molecule has 182 valence electrons. The van der Waals surface area contributed by atoms with Crippen molar-refractivity contribution in [2.24, 2.45) is 11.3 Å². The van der Waals surface area contributed by atoms with E-state index in [1.807, 2.05) is 20.8 Å². The molecule has 3 rings (SSSR count). The van der Waals surface area contributed by atoms with Gasteiger partial charge in [-0.25, -0.2) is 16.8 Å². The Labute approximate surface area is 197 Å². The van der Waals surface area contributed by atoms with Gasteiger partial charge in [-0.1, -0.05) is 13.8 Å². The minimum Gasteiger partial charge on any atom is -0.326 e. The van der Waals surface area contributed by atoms with E-state index in [1.54, 1.807) is 4.90 Å². The molecule has 1 aliphatic carbocycles. The first-order valence-corrected chi connectivity index (χ1v) is 14.7. The van der Waals surface area contributed by atoms with Crippen LogP contribution in [-0.4, -0.2) is 64.3 Å². The molecule has 1 aliphatic heterocycles. The number of benzene rings is 1. The molecule has 0 bridgehead atoms. The van der Waals surface area contributed by atoms with Crippen LogP contribution >= 0.6 is 0 Å². The van der Waals surface area contributed by atoms with Crippen LogP contribution in [0.5, 0.6) is 0 Å². The minimum atomic E-state index is -3.62. The van der Waals surface area contributed by atoms with Crippen molar-refractivity contribution in [3.05, 3.63) is 24.3 Å². The number of likely N-dealkylation sites (tertiary alicyclic amines) is 1. The highest BCUT2D eigenvalue weighted by molar-refractivity contribution is 7.91. The Morgan fingerprint density at radius 3 is 2.30 bits per heavy atom. The van der Waals surface area contributed by atoms with Crippen molar-refractivity contribution in [2.75, 3.05) is 25.1 Å². The maximum absolute atomic E-state index is 13.1. The molecule has 1 saturated heterocycles. The van der Waals surface area contributed by atoms with Gasteiger partial charge in [0.05, 0.1) is 28.2 Å². The van der Waals surface area contributed by atoms with Gasteiger partial charge in [0.1, 0.15) is 6.04 Å². The van der Waals surface area contributed by atoms with Crippen molar-refractivity contribution >= 4 is 25.6 Å². The lowest BCUT2D eigenvalue weighted by atomic mass is 9.72.